The standard InChI is InChI=1S/C20H21NO4/c1-14(22)15-8-7-11-17(12-15)21-18(23)13-25-19(24)20(2,3)16-9-5-4-6-10-16/h4-12H,13H2,1-3H3,(H,21,23). The van der Waals surface area contributed by atoms with Crippen molar-refractivity contribution in [3.63, 3.8) is 0 Å². The van der Waals surface area contributed by atoms with Gasteiger partial charge in [0.1, 0.15) is 0 Å². The van der Waals surface area contributed by atoms with Gasteiger partial charge in [-0.3, -0.25) is 14.4 Å². The first kappa shape index (κ1) is 18.4. The third kappa shape index (κ3) is 4.76. The zero-order chi connectivity index (χ0) is 18.4. The molecule has 2 rings (SSSR count). The molecule has 2 aromatic rings. The number of carbonyl (C=O) groups excluding carboxylic acids is 3. The van der Waals surface area contributed by atoms with Crippen LogP contribution in [0, 0.1) is 0 Å². The van der Waals surface area contributed by atoms with Crippen LogP contribution in [0.4, 0.5) is 5.69 Å². The van der Waals surface area contributed by atoms with E-state index < -0.39 is 17.3 Å². The summed E-state index contributed by atoms with van der Waals surface area (Å²) < 4.78 is 5.16. The maximum Gasteiger partial charge on any atom is 0.316 e. The lowest BCUT2D eigenvalue weighted by atomic mass is 9.85. The number of rotatable bonds is 6. The number of esters is 1. The average molecular weight is 339 g/mol. The molecule has 5 nitrogen and oxygen atoms in total. The van der Waals surface area contributed by atoms with Gasteiger partial charge in [-0.05, 0) is 38.5 Å². The van der Waals surface area contributed by atoms with E-state index in [0.29, 0.717) is 11.3 Å². The number of amides is 1. The van der Waals surface area contributed by atoms with Crippen LogP contribution in [-0.4, -0.2) is 24.3 Å². The Morgan fingerprint density at radius 1 is 1.00 bits per heavy atom. The summed E-state index contributed by atoms with van der Waals surface area (Å²) in [5.74, 6) is -1.03. The first-order chi connectivity index (χ1) is 11.8. The number of benzene rings is 2. The Balaban J connectivity index is 1.94. The molecule has 1 N–H and O–H groups in total. The normalized spacial score (nSPS) is 10.8. The van der Waals surface area contributed by atoms with Crippen molar-refractivity contribution in [3.8, 4) is 0 Å². The number of nitrogens with one attached hydrogen (secondary N) is 1. The van der Waals surface area contributed by atoms with Gasteiger partial charge >= 0.3 is 5.97 Å². The van der Waals surface area contributed by atoms with E-state index in [9.17, 15) is 14.4 Å². The lowest BCUT2D eigenvalue weighted by Crippen LogP contribution is -2.33. The summed E-state index contributed by atoms with van der Waals surface area (Å²) in [6.07, 6.45) is 0. The molecule has 130 valence electrons. The maximum atomic E-state index is 12.3. The zero-order valence-electron chi connectivity index (χ0n) is 14.5. The van der Waals surface area contributed by atoms with Crippen molar-refractivity contribution in [2.45, 2.75) is 26.2 Å². The molecule has 0 aliphatic heterocycles. The molecule has 0 aromatic heterocycles. The highest BCUT2D eigenvalue weighted by molar-refractivity contribution is 5.97. The largest absolute Gasteiger partial charge is 0.455 e. The van der Waals surface area contributed by atoms with E-state index in [4.69, 9.17) is 4.74 Å². The number of Topliss-reactive ketones (excluding diaryl/α,β-unsaturated/α-hetero) is 1. The SMILES string of the molecule is CC(=O)c1cccc(NC(=O)COC(=O)C(C)(C)c2ccccc2)c1. The van der Waals surface area contributed by atoms with Crippen LogP contribution in [-0.2, 0) is 19.7 Å². The highest BCUT2D eigenvalue weighted by Gasteiger charge is 2.31. The third-order valence-corrected chi connectivity index (χ3v) is 3.89. The molecule has 0 spiro atoms. The monoisotopic (exact) mass is 339 g/mol. The highest BCUT2D eigenvalue weighted by atomic mass is 16.5. The molecule has 0 radical (unpaired) electrons. The van der Waals surface area contributed by atoms with Gasteiger partial charge in [0, 0.05) is 11.3 Å². The molecule has 1 amide bonds. The van der Waals surface area contributed by atoms with Gasteiger partial charge < -0.3 is 10.1 Å². The van der Waals surface area contributed by atoms with Crippen molar-refractivity contribution >= 4 is 23.3 Å². The summed E-state index contributed by atoms with van der Waals surface area (Å²) in [5.41, 5.74) is 0.946. The Morgan fingerprint density at radius 2 is 1.68 bits per heavy atom. The van der Waals surface area contributed by atoms with E-state index in [0.717, 1.165) is 5.56 Å². The Kier molecular flexibility index (Phi) is 5.70. The minimum absolute atomic E-state index is 0.0906. The molecule has 0 saturated carbocycles. The number of ether oxygens (including phenoxy) is 1. The molecule has 0 bridgehead atoms. The fraction of sp³-hybridized carbons (Fsp3) is 0.250. The van der Waals surface area contributed by atoms with Crippen LogP contribution in [0.25, 0.3) is 0 Å². The van der Waals surface area contributed by atoms with Crippen LogP contribution >= 0.6 is 0 Å². The maximum absolute atomic E-state index is 12.3. The van der Waals surface area contributed by atoms with Crippen molar-refractivity contribution in [1.82, 2.24) is 0 Å². The van der Waals surface area contributed by atoms with E-state index in [1.54, 1.807) is 38.1 Å². The zero-order valence-corrected chi connectivity index (χ0v) is 14.5. The average Bonchev–Trinajstić information content (AvgIpc) is 2.60. The summed E-state index contributed by atoms with van der Waals surface area (Å²) in [6.45, 7) is 4.56. The van der Waals surface area contributed by atoms with Crippen LogP contribution in [0.3, 0.4) is 0 Å². The Labute approximate surface area is 147 Å². The van der Waals surface area contributed by atoms with Gasteiger partial charge in [0.25, 0.3) is 5.91 Å². The Morgan fingerprint density at radius 3 is 2.32 bits per heavy atom. The van der Waals surface area contributed by atoms with Crippen LogP contribution in [0.2, 0.25) is 0 Å². The molecule has 0 fully saturated rings. The van der Waals surface area contributed by atoms with E-state index in [1.165, 1.54) is 6.92 Å². The predicted molar refractivity (Wildman–Crippen MR) is 95.5 cm³/mol. The molecule has 0 heterocycles. The van der Waals surface area contributed by atoms with Gasteiger partial charge in [-0.25, -0.2) is 0 Å². The van der Waals surface area contributed by atoms with Crippen LogP contribution in [0.1, 0.15) is 36.7 Å². The summed E-state index contributed by atoms with van der Waals surface area (Å²) in [7, 11) is 0. The lowest BCUT2D eigenvalue weighted by Gasteiger charge is -2.22. The predicted octanol–water partition coefficient (Wildman–Crippen LogP) is 3.35. The van der Waals surface area contributed by atoms with Crippen molar-refractivity contribution in [2.24, 2.45) is 0 Å². The molecule has 0 aliphatic rings. The van der Waals surface area contributed by atoms with Gasteiger partial charge in [-0.2, -0.15) is 0 Å². The summed E-state index contributed by atoms with van der Waals surface area (Å²) in [5, 5.41) is 2.62. The molecule has 0 atom stereocenters. The Bertz CT molecular complexity index is 781. The number of hydrogen-bond donors (Lipinski definition) is 1. The number of hydrogen-bond acceptors (Lipinski definition) is 4. The van der Waals surface area contributed by atoms with Gasteiger partial charge in [0.05, 0.1) is 5.41 Å². The molecule has 5 heteroatoms. The topological polar surface area (TPSA) is 72.5 Å². The molecule has 0 aliphatic carbocycles. The van der Waals surface area contributed by atoms with Crippen LogP contribution < -0.4 is 5.32 Å². The van der Waals surface area contributed by atoms with E-state index in [2.05, 4.69) is 5.32 Å². The number of carbonyl (C=O) groups is 3. The molecular weight excluding hydrogens is 318 g/mol. The van der Waals surface area contributed by atoms with Gasteiger partial charge in [-0.1, -0.05) is 42.5 Å². The first-order valence-corrected chi connectivity index (χ1v) is 7.94. The minimum atomic E-state index is -0.851. The fourth-order valence-corrected chi connectivity index (χ4v) is 2.30. The summed E-state index contributed by atoms with van der Waals surface area (Å²) in [4.78, 5) is 35.7. The van der Waals surface area contributed by atoms with Crippen LogP contribution in [0.5, 0.6) is 0 Å². The van der Waals surface area contributed by atoms with Gasteiger partial charge in [0.15, 0.2) is 12.4 Å². The minimum Gasteiger partial charge on any atom is -0.455 e. The number of anilines is 1. The van der Waals surface area contributed by atoms with Crippen molar-refractivity contribution in [3.05, 3.63) is 65.7 Å². The Hall–Kier alpha value is -2.95. The fourth-order valence-electron chi connectivity index (χ4n) is 2.30. The second-order valence-electron chi connectivity index (χ2n) is 6.25. The quantitative estimate of drug-likeness (QED) is 0.647. The van der Waals surface area contributed by atoms with Crippen molar-refractivity contribution < 1.29 is 19.1 Å². The van der Waals surface area contributed by atoms with Gasteiger partial charge in [-0.15, -0.1) is 0 Å². The van der Waals surface area contributed by atoms with E-state index >= 15 is 0 Å². The van der Waals surface area contributed by atoms with Crippen molar-refractivity contribution in [1.29, 1.82) is 0 Å². The molecule has 0 saturated heterocycles. The summed E-state index contributed by atoms with van der Waals surface area (Å²) >= 11 is 0. The van der Waals surface area contributed by atoms with Crippen LogP contribution in [0.15, 0.2) is 54.6 Å². The number of ketones is 1. The third-order valence-electron chi connectivity index (χ3n) is 3.89. The van der Waals surface area contributed by atoms with Crippen molar-refractivity contribution in [2.75, 3.05) is 11.9 Å². The summed E-state index contributed by atoms with van der Waals surface area (Å²) in [6, 6.07) is 15.8. The first-order valence-electron chi connectivity index (χ1n) is 7.94. The molecular formula is C20H21NO4. The van der Waals surface area contributed by atoms with Gasteiger partial charge in [0.2, 0.25) is 0 Å². The second-order valence-corrected chi connectivity index (χ2v) is 6.25. The molecule has 25 heavy (non-hydrogen) atoms. The lowest BCUT2D eigenvalue weighted by molar-refractivity contribution is -0.152. The van der Waals surface area contributed by atoms with E-state index in [-0.39, 0.29) is 12.4 Å². The van der Waals surface area contributed by atoms with E-state index in [1.807, 2.05) is 30.3 Å². The second kappa shape index (κ2) is 7.75. The molecule has 0 unspecified atom stereocenters. The smallest absolute Gasteiger partial charge is 0.316 e. The highest BCUT2D eigenvalue weighted by Crippen LogP contribution is 2.24. The molecule has 2 aromatic carbocycles.